The zero-order valence-corrected chi connectivity index (χ0v) is 9.90. The van der Waals surface area contributed by atoms with Crippen molar-refractivity contribution in [3.63, 3.8) is 0 Å². The van der Waals surface area contributed by atoms with Gasteiger partial charge in [0.05, 0.1) is 6.61 Å². The molecule has 5 nitrogen and oxygen atoms in total. The van der Waals surface area contributed by atoms with Crippen LogP contribution in [-0.2, 0) is 0 Å². The van der Waals surface area contributed by atoms with Crippen molar-refractivity contribution >= 4 is 17.3 Å². The fraction of sp³-hybridized carbons (Fsp3) is 0.182. The van der Waals surface area contributed by atoms with Crippen LogP contribution in [0.3, 0.4) is 0 Å². The summed E-state index contributed by atoms with van der Waals surface area (Å²) in [5.74, 6) is -0.844. The molecule has 0 atom stereocenters. The van der Waals surface area contributed by atoms with E-state index in [-0.39, 0.29) is 10.8 Å². The Morgan fingerprint density at radius 3 is 2.76 bits per heavy atom. The van der Waals surface area contributed by atoms with Crippen LogP contribution < -0.4 is 4.74 Å². The predicted octanol–water partition coefficient (Wildman–Crippen LogP) is 2.30. The lowest BCUT2D eigenvalue weighted by atomic mass is 10.3. The number of carboxylic acids is 1. The summed E-state index contributed by atoms with van der Waals surface area (Å²) in [6.45, 7) is 2.18. The average Bonchev–Trinajstić information content (AvgIpc) is 2.75. The largest absolute Gasteiger partial charge is 0.477 e. The molecule has 0 saturated carbocycles. The highest BCUT2D eigenvalue weighted by Crippen LogP contribution is 2.32. The maximum Gasteiger partial charge on any atom is 0.351 e. The van der Waals surface area contributed by atoms with E-state index in [0.29, 0.717) is 11.6 Å². The number of hydrogen-bond donors (Lipinski definition) is 1. The Balaban J connectivity index is 2.44. The van der Waals surface area contributed by atoms with Crippen molar-refractivity contribution < 1.29 is 14.6 Å². The summed E-state index contributed by atoms with van der Waals surface area (Å²) in [4.78, 5) is 19.2. The molecule has 0 radical (unpaired) electrons. The van der Waals surface area contributed by atoms with E-state index >= 15 is 0 Å². The number of carbonyl (C=O) groups is 1. The van der Waals surface area contributed by atoms with E-state index in [1.54, 1.807) is 31.5 Å². The molecule has 0 fully saturated rings. The molecule has 0 aromatic carbocycles. The molecule has 17 heavy (non-hydrogen) atoms. The van der Waals surface area contributed by atoms with Crippen molar-refractivity contribution in [2.24, 2.45) is 0 Å². The molecular weight excluding hydrogens is 240 g/mol. The van der Waals surface area contributed by atoms with Gasteiger partial charge in [-0.05, 0) is 19.1 Å². The van der Waals surface area contributed by atoms with Gasteiger partial charge in [-0.15, -0.1) is 11.3 Å². The second-order valence-electron chi connectivity index (χ2n) is 3.13. The van der Waals surface area contributed by atoms with E-state index in [0.717, 1.165) is 16.9 Å². The minimum absolute atomic E-state index is 0.124. The average molecular weight is 250 g/mol. The second-order valence-corrected chi connectivity index (χ2v) is 4.13. The minimum atomic E-state index is -1.02. The first-order valence-corrected chi connectivity index (χ1v) is 5.81. The van der Waals surface area contributed by atoms with E-state index in [9.17, 15) is 4.79 Å². The van der Waals surface area contributed by atoms with Gasteiger partial charge < -0.3 is 9.84 Å². The van der Waals surface area contributed by atoms with Crippen LogP contribution in [0.2, 0.25) is 0 Å². The first-order chi connectivity index (χ1) is 8.22. The van der Waals surface area contributed by atoms with Crippen LogP contribution in [0.5, 0.6) is 5.88 Å². The van der Waals surface area contributed by atoms with Crippen LogP contribution >= 0.6 is 11.3 Å². The Hall–Kier alpha value is -1.95. The Morgan fingerprint density at radius 2 is 2.18 bits per heavy atom. The van der Waals surface area contributed by atoms with Crippen molar-refractivity contribution in [3.05, 3.63) is 29.4 Å². The van der Waals surface area contributed by atoms with Crippen molar-refractivity contribution in [1.82, 2.24) is 9.97 Å². The molecule has 1 N–H and O–H groups in total. The smallest absolute Gasteiger partial charge is 0.351 e. The summed E-state index contributed by atoms with van der Waals surface area (Å²) in [6.07, 6.45) is 3.27. The van der Waals surface area contributed by atoms with Crippen molar-refractivity contribution in [2.45, 2.75) is 6.92 Å². The van der Waals surface area contributed by atoms with Crippen LogP contribution in [0, 0.1) is 0 Å². The lowest BCUT2D eigenvalue weighted by Gasteiger charge is -1.97. The Bertz CT molecular complexity index is 525. The SMILES string of the molecule is CCOc1nc(-c2ccncc2)sc1C(=O)O. The van der Waals surface area contributed by atoms with Crippen LogP contribution in [-0.4, -0.2) is 27.7 Å². The molecule has 2 aromatic rings. The molecule has 2 heterocycles. The standard InChI is InChI=1S/C11H10N2O3S/c1-2-16-9-8(11(14)15)17-10(13-9)7-3-5-12-6-4-7/h3-6H,2H2,1H3,(H,14,15). The van der Waals surface area contributed by atoms with Crippen molar-refractivity contribution in [1.29, 1.82) is 0 Å². The summed E-state index contributed by atoms with van der Waals surface area (Å²) in [6, 6.07) is 3.56. The van der Waals surface area contributed by atoms with Gasteiger partial charge in [0.1, 0.15) is 5.01 Å². The monoisotopic (exact) mass is 250 g/mol. The molecule has 0 aliphatic rings. The summed E-state index contributed by atoms with van der Waals surface area (Å²) in [5.41, 5.74) is 0.832. The zero-order chi connectivity index (χ0) is 12.3. The van der Waals surface area contributed by atoms with Gasteiger partial charge in [0.2, 0.25) is 5.88 Å². The summed E-state index contributed by atoms with van der Waals surface area (Å²) >= 11 is 1.10. The summed E-state index contributed by atoms with van der Waals surface area (Å²) < 4.78 is 5.20. The third-order valence-electron chi connectivity index (χ3n) is 2.00. The molecule has 0 bridgehead atoms. The van der Waals surface area contributed by atoms with Gasteiger partial charge in [-0.1, -0.05) is 0 Å². The number of aromatic carboxylic acids is 1. The first kappa shape index (κ1) is 11.5. The Kier molecular flexibility index (Phi) is 3.34. The van der Waals surface area contributed by atoms with Crippen molar-refractivity contribution in [2.75, 3.05) is 6.61 Å². The zero-order valence-electron chi connectivity index (χ0n) is 9.08. The third-order valence-corrected chi connectivity index (χ3v) is 3.07. The van der Waals surface area contributed by atoms with Gasteiger partial charge in [0.15, 0.2) is 4.88 Å². The van der Waals surface area contributed by atoms with E-state index in [2.05, 4.69) is 9.97 Å². The molecule has 0 spiro atoms. The maximum absolute atomic E-state index is 11.0. The quantitative estimate of drug-likeness (QED) is 0.901. The molecule has 0 unspecified atom stereocenters. The highest BCUT2D eigenvalue weighted by molar-refractivity contribution is 7.17. The first-order valence-electron chi connectivity index (χ1n) is 4.99. The number of aromatic nitrogens is 2. The van der Waals surface area contributed by atoms with Gasteiger partial charge in [-0.3, -0.25) is 4.98 Å². The molecule has 0 amide bonds. The minimum Gasteiger partial charge on any atom is -0.477 e. The van der Waals surface area contributed by atoms with Gasteiger partial charge in [0.25, 0.3) is 0 Å². The number of ether oxygens (including phenoxy) is 1. The maximum atomic E-state index is 11.0. The van der Waals surface area contributed by atoms with Gasteiger partial charge in [0, 0.05) is 18.0 Å². The predicted molar refractivity (Wildman–Crippen MR) is 63.5 cm³/mol. The fourth-order valence-corrected chi connectivity index (χ4v) is 2.15. The van der Waals surface area contributed by atoms with Crippen LogP contribution in [0.1, 0.15) is 16.6 Å². The molecule has 0 saturated heterocycles. The lowest BCUT2D eigenvalue weighted by molar-refractivity contribution is 0.0697. The molecular formula is C11H10N2O3S. The molecule has 0 aliphatic heterocycles. The number of nitrogens with zero attached hydrogens (tertiary/aromatic N) is 2. The van der Waals surface area contributed by atoms with Crippen LogP contribution in [0.25, 0.3) is 10.6 Å². The van der Waals surface area contributed by atoms with E-state index in [4.69, 9.17) is 9.84 Å². The third kappa shape index (κ3) is 2.42. The highest BCUT2D eigenvalue weighted by Gasteiger charge is 2.19. The highest BCUT2D eigenvalue weighted by atomic mass is 32.1. The second kappa shape index (κ2) is 4.92. The van der Waals surface area contributed by atoms with E-state index in [1.165, 1.54) is 0 Å². The number of hydrogen-bond acceptors (Lipinski definition) is 5. The Morgan fingerprint density at radius 1 is 1.47 bits per heavy atom. The number of thiazole rings is 1. The molecule has 0 aliphatic carbocycles. The summed E-state index contributed by atoms with van der Waals surface area (Å²) in [5, 5.41) is 9.65. The van der Waals surface area contributed by atoms with E-state index < -0.39 is 5.97 Å². The Labute approximate surface area is 102 Å². The molecule has 2 aromatic heterocycles. The number of rotatable bonds is 4. The van der Waals surface area contributed by atoms with E-state index in [1.807, 2.05) is 0 Å². The topological polar surface area (TPSA) is 72.3 Å². The fourth-order valence-electron chi connectivity index (χ4n) is 1.29. The lowest BCUT2D eigenvalue weighted by Crippen LogP contribution is -1.99. The number of carboxylic acid groups (broad SMARTS) is 1. The number of pyridine rings is 1. The normalized spacial score (nSPS) is 10.2. The van der Waals surface area contributed by atoms with Crippen molar-refractivity contribution in [3.8, 4) is 16.5 Å². The van der Waals surface area contributed by atoms with Crippen LogP contribution in [0.4, 0.5) is 0 Å². The molecule has 88 valence electrons. The van der Waals surface area contributed by atoms with Crippen LogP contribution in [0.15, 0.2) is 24.5 Å². The molecule has 2 rings (SSSR count). The van der Waals surface area contributed by atoms with Gasteiger partial charge in [-0.2, -0.15) is 0 Å². The molecule has 6 heteroatoms. The van der Waals surface area contributed by atoms with Gasteiger partial charge in [-0.25, -0.2) is 9.78 Å². The van der Waals surface area contributed by atoms with Gasteiger partial charge >= 0.3 is 5.97 Å². The summed E-state index contributed by atoms with van der Waals surface area (Å²) in [7, 11) is 0.